The van der Waals surface area contributed by atoms with Gasteiger partial charge in [0.05, 0.1) is 0 Å². The van der Waals surface area contributed by atoms with Gasteiger partial charge in [-0.25, -0.2) is 4.98 Å². The first kappa shape index (κ1) is 13.3. The largest absolute Gasteiger partial charge is 0.338 e. The Labute approximate surface area is 113 Å². The maximum atomic E-state index is 4.32. The van der Waals surface area contributed by atoms with E-state index in [9.17, 15) is 0 Å². The van der Waals surface area contributed by atoms with E-state index in [1.54, 1.807) is 0 Å². The SMILES string of the molecule is Cn1ccnc1CCNCC(C)(C)c1cccs1. The van der Waals surface area contributed by atoms with E-state index in [0.717, 1.165) is 25.3 Å². The average Bonchev–Trinajstić information content (AvgIpc) is 2.96. The molecular formula is C14H21N3S. The van der Waals surface area contributed by atoms with Crippen LogP contribution in [-0.2, 0) is 18.9 Å². The summed E-state index contributed by atoms with van der Waals surface area (Å²) in [5.41, 5.74) is 0.204. The van der Waals surface area contributed by atoms with Crippen LogP contribution in [0.15, 0.2) is 29.9 Å². The molecule has 0 aliphatic heterocycles. The van der Waals surface area contributed by atoms with E-state index < -0.39 is 0 Å². The van der Waals surface area contributed by atoms with Gasteiger partial charge in [-0.1, -0.05) is 19.9 Å². The summed E-state index contributed by atoms with van der Waals surface area (Å²) < 4.78 is 2.08. The number of rotatable bonds is 6. The molecule has 0 aliphatic carbocycles. The molecule has 2 heterocycles. The monoisotopic (exact) mass is 263 g/mol. The summed E-state index contributed by atoms with van der Waals surface area (Å²) in [5.74, 6) is 1.14. The molecule has 0 saturated heterocycles. The van der Waals surface area contributed by atoms with E-state index in [1.165, 1.54) is 4.88 Å². The normalized spacial score (nSPS) is 11.9. The maximum Gasteiger partial charge on any atom is 0.109 e. The predicted molar refractivity (Wildman–Crippen MR) is 77.1 cm³/mol. The molecule has 0 fully saturated rings. The molecule has 4 heteroatoms. The van der Waals surface area contributed by atoms with Gasteiger partial charge in [-0.3, -0.25) is 0 Å². The van der Waals surface area contributed by atoms with Gasteiger partial charge in [0.15, 0.2) is 0 Å². The number of hydrogen-bond acceptors (Lipinski definition) is 3. The average molecular weight is 263 g/mol. The summed E-state index contributed by atoms with van der Waals surface area (Å²) in [6.07, 6.45) is 4.82. The van der Waals surface area contributed by atoms with Crippen LogP contribution in [0.4, 0.5) is 0 Å². The van der Waals surface area contributed by atoms with Gasteiger partial charge in [-0.15, -0.1) is 11.3 Å². The predicted octanol–water partition coefficient (Wildman–Crippen LogP) is 2.59. The summed E-state index contributed by atoms with van der Waals surface area (Å²) in [5, 5.41) is 5.68. The minimum Gasteiger partial charge on any atom is -0.338 e. The third-order valence-corrected chi connectivity index (χ3v) is 4.44. The maximum absolute atomic E-state index is 4.32. The second kappa shape index (κ2) is 5.67. The highest BCUT2D eigenvalue weighted by atomic mass is 32.1. The first-order valence-electron chi connectivity index (χ1n) is 6.30. The van der Waals surface area contributed by atoms with Crippen LogP contribution in [-0.4, -0.2) is 22.6 Å². The molecule has 1 N–H and O–H groups in total. The van der Waals surface area contributed by atoms with Crippen molar-refractivity contribution in [1.29, 1.82) is 0 Å². The van der Waals surface area contributed by atoms with Gasteiger partial charge < -0.3 is 9.88 Å². The van der Waals surface area contributed by atoms with Crippen molar-refractivity contribution in [3.8, 4) is 0 Å². The third-order valence-electron chi connectivity index (χ3n) is 3.20. The summed E-state index contributed by atoms with van der Waals surface area (Å²) >= 11 is 1.83. The highest BCUT2D eigenvalue weighted by Crippen LogP contribution is 2.26. The molecule has 0 atom stereocenters. The highest BCUT2D eigenvalue weighted by molar-refractivity contribution is 7.10. The molecule has 2 aromatic rings. The van der Waals surface area contributed by atoms with Gasteiger partial charge in [0.2, 0.25) is 0 Å². The topological polar surface area (TPSA) is 29.9 Å². The van der Waals surface area contributed by atoms with Crippen LogP contribution in [0.1, 0.15) is 24.5 Å². The van der Waals surface area contributed by atoms with Crippen molar-refractivity contribution in [2.75, 3.05) is 13.1 Å². The van der Waals surface area contributed by atoms with Crippen molar-refractivity contribution in [1.82, 2.24) is 14.9 Å². The zero-order valence-corrected chi connectivity index (χ0v) is 12.1. The van der Waals surface area contributed by atoms with Crippen molar-refractivity contribution in [2.45, 2.75) is 25.7 Å². The molecule has 0 spiro atoms. The zero-order valence-electron chi connectivity index (χ0n) is 11.3. The van der Waals surface area contributed by atoms with Crippen LogP contribution >= 0.6 is 11.3 Å². The fourth-order valence-electron chi connectivity index (χ4n) is 1.99. The molecule has 3 nitrogen and oxygen atoms in total. The van der Waals surface area contributed by atoms with Crippen molar-refractivity contribution in [2.24, 2.45) is 7.05 Å². The summed E-state index contributed by atoms with van der Waals surface area (Å²) in [6, 6.07) is 4.33. The van der Waals surface area contributed by atoms with E-state index >= 15 is 0 Å². The number of aromatic nitrogens is 2. The van der Waals surface area contributed by atoms with E-state index in [-0.39, 0.29) is 5.41 Å². The molecule has 0 bridgehead atoms. The second-order valence-corrected chi connectivity index (χ2v) is 6.19. The number of aryl methyl sites for hydroxylation is 1. The van der Waals surface area contributed by atoms with Crippen LogP contribution in [0.5, 0.6) is 0 Å². The van der Waals surface area contributed by atoms with Gasteiger partial charge >= 0.3 is 0 Å². The Hall–Kier alpha value is -1.13. The van der Waals surface area contributed by atoms with Crippen LogP contribution in [0.2, 0.25) is 0 Å². The fraction of sp³-hybridized carbons (Fsp3) is 0.500. The lowest BCUT2D eigenvalue weighted by Crippen LogP contribution is -2.33. The second-order valence-electron chi connectivity index (χ2n) is 5.24. The number of nitrogens with one attached hydrogen (secondary N) is 1. The summed E-state index contributed by atoms with van der Waals surface area (Å²) in [7, 11) is 2.04. The number of hydrogen-bond donors (Lipinski definition) is 1. The Morgan fingerprint density at radius 3 is 2.89 bits per heavy atom. The van der Waals surface area contributed by atoms with Gasteiger partial charge in [0.25, 0.3) is 0 Å². The molecule has 0 radical (unpaired) electrons. The Morgan fingerprint density at radius 2 is 2.28 bits per heavy atom. The minimum atomic E-state index is 0.204. The minimum absolute atomic E-state index is 0.204. The van der Waals surface area contributed by atoms with Gasteiger partial charge in [-0.2, -0.15) is 0 Å². The Balaban J connectivity index is 1.77. The lowest BCUT2D eigenvalue weighted by atomic mass is 9.91. The fourth-order valence-corrected chi connectivity index (χ4v) is 2.84. The zero-order chi connectivity index (χ0) is 13.0. The molecule has 0 aliphatic rings. The van der Waals surface area contributed by atoms with Crippen molar-refractivity contribution in [3.05, 3.63) is 40.6 Å². The molecule has 0 saturated carbocycles. The number of imidazole rings is 1. The van der Waals surface area contributed by atoms with Crippen LogP contribution in [0, 0.1) is 0 Å². The standard InChI is InChI=1S/C14H21N3S/c1-14(2,12-5-4-10-18-12)11-15-7-6-13-16-8-9-17(13)3/h4-5,8-10,15H,6-7,11H2,1-3H3. The summed E-state index contributed by atoms with van der Waals surface area (Å²) in [6.45, 7) is 6.54. The Morgan fingerprint density at radius 1 is 1.44 bits per heavy atom. The number of thiophene rings is 1. The van der Waals surface area contributed by atoms with Gasteiger partial charge in [0, 0.05) is 49.2 Å². The van der Waals surface area contributed by atoms with Gasteiger partial charge in [0.1, 0.15) is 5.82 Å². The van der Waals surface area contributed by atoms with Crippen molar-refractivity contribution >= 4 is 11.3 Å². The molecular weight excluding hydrogens is 242 g/mol. The lowest BCUT2D eigenvalue weighted by Gasteiger charge is -2.23. The molecule has 0 amide bonds. The lowest BCUT2D eigenvalue weighted by molar-refractivity contribution is 0.476. The summed E-state index contributed by atoms with van der Waals surface area (Å²) in [4.78, 5) is 5.76. The first-order valence-corrected chi connectivity index (χ1v) is 7.18. The van der Waals surface area contributed by atoms with E-state index in [0.29, 0.717) is 0 Å². The van der Waals surface area contributed by atoms with Crippen LogP contribution in [0.25, 0.3) is 0 Å². The number of nitrogens with zero attached hydrogens (tertiary/aromatic N) is 2. The Bertz CT molecular complexity index is 471. The third kappa shape index (κ3) is 3.21. The highest BCUT2D eigenvalue weighted by Gasteiger charge is 2.20. The molecule has 18 heavy (non-hydrogen) atoms. The smallest absolute Gasteiger partial charge is 0.109 e. The van der Waals surface area contributed by atoms with E-state index in [4.69, 9.17) is 0 Å². The van der Waals surface area contributed by atoms with Crippen LogP contribution in [0.3, 0.4) is 0 Å². The molecule has 2 aromatic heterocycles. The molecule has 0 unspecified atom stereocenters. The molecule has 0 aromatic carbocycles. The van der Waals surface area contributed by atoms with Crippen LogP contribution < -0.4 is 5.32 Å². The Kier molecular flexibility index (Phi) is 4.19. The van der Waals surface area contributed by atoms with E-state index in [2.05, 4.69) is 46.2 Å². The van der Waals surface area contributed by atoms with E-state index in [1.807, 2.05) is 30.8 Å². The molecule has 2 rings (SSSR count). The van der Waals surface area contributed by atoms with Crippen molar-refractivity contribution < 1.29 is 0 Å². The van der Waals surface area contributed by atoms with Gasteiger partial charge in [-0.05, 0) is 11.4 Å². The quantitative estimate of drug-likeness (QED) is 0.812. The molecule has 98 valence electrons. The first-order chi connectivity index (χ1) is 8.59. The van der Waals surface area contributed by atoms with Crippen molar-refractivity contribution in [3.63, 3.8) is 0 Å².